The first kappa shape index (κ1) is 18.5. The molecule has 0 heterocycles. The Balaban J connectivity index is 3.13. The van der Waals surface area contributed by atoms with Gasteiger partial charge in [0.05, 0.1) is 5.56 Å². The molecule has 1 rings (SSSR count). The minimum atomic E-state index is -5.43. The number of benzene rings is 1. The van der Waals surface area contributed by atoms with Crippen LogP contribution in [0, 0.1) is 0 Å². The van der Waals surface area contributed by atoms with Crippen molar-refractivity contribution in [2.75, 3.05) is 0 Å². The summed E-state index contributed by atoms with van der Waals surface area (Å²) in [4.78, 5) is 21.8. The summed E-state index contributed by atoms with van der Waals surface area (Å²) in [5.41, 5.74) is 1.70. The number of hydrogen-bond acceptors (Lipinski definition) is 3. The van der Waals surface area contributed by atoms with Crippen molar-refractivity contribution in [1.82, 2.24) is 0 Å². The standard InChI is InChI=1S/C13H9F6NO3/c14-12(15,16)7-3-1-6(2-4-7)5-8(20)9(11(22)23)10(21)13(17,18)19/h1-4H,5,20H2,(H,22,23)/b9-8-. The first-order valence-corrected chi connectivity index (χ1v) is 5.83. The Morgan fingerprint density at radius 3 is 1.83 bits per heavy atom. The van der Waals surface area contributed by atoms with Gasteiger partial charge < -0.3 is 10.8 Å². The fourth-order valence-electron chi connectivity index (χ4n) is 1.64. The van der Waals surface area contributed by atoms with Gasteiger partial charge in [-0.05, 0) is 17.7 Å². The second-order valence-corrected chi connectivity index (χ2v) is 4.40. The lowest BCUT2D eigenvalue weighted by molar-refractivity contribution is -0.168. The zero-order valence-electron chi connectivity index (χ0n) is 11.1. The van der Waals surface area contributed by atoms with Crippen LogP contribution in [-0.2, 0) is 22.2 Å². The van der Waals surface area contributed by atoms with Crippen molar-refractivity contribution in [2.45, 2.75) is 18.8 Å². The molecule has 10 heteroatoms. The summed E-state index contributed by atoms with van der Waals surface area (Å²) in [6.07, 6.45) is -10.7. The van der Waals surface area contributed by atoms with E-state index < -0.39 is 47.4 Å². The van der Waals surface area contributed by atoms with Crippen molar-refractivity contribution in [3.8, 4) is 0 Å². The molecule has 0 saturated heterocycles. The summed E-state index contributed by atoms with van der Waals surface area (Å²) in [7, 11) is 0. The van der Waals surface area contributed by atoms with Gasteiger partial charge in [-0.2, -0.15) is 26.3 Å². The smallest absolute Gasteiger partial charge is 0.455 e. The maximum atomic E-state index is 12.4. The van der Waals surface area contributed by atoms with E-state index in [4.69, 9.17) is 10.8 Å². The lowest BCUT2D eigenvalue weighted by atomic mass is 10.0. The van der Waals surface area contributed by atoms with Gasteiger partial charge in [-0.15, -0.1) is 0 Å². The van der Waals surface area contributed by atoms with E-state index in [1.165, 1.54) is 0 Å². The third kappa shape index (κ3) is 4.73. The van der Waals surface area contributed by atoms with Crippen LogP contribution in [0.5, 0.6) is 0 Å². The molecule has 3 N–H and O–H groups in total. The van der Waals surface area contributed by atoms with Gasteiger partial charge in [-0.3, -0.25) is 4.79 Å². The number of halogens is 6. The Labute approximate surface area is 125 Å². The highest BCUT2D eigenvalue weighted by Crippen LogP contribution is 2.29. The monoisotopic (exact) mass is 341 g/mol. The van der Waals surface area contributed by atoms with Gasteiger partial charge in [0.25, 0.3) is 5.78 Å². The lowest BCUT2D eigenvalue weighted by Gasteiger charge is -2.11. The topological polar surface area (TPSA) is 80.4 Å². The summed E-state index contributed by atoms with van der Waals surface area (Å²) in [5, 5.41) is 8.70. The molecule has 0 radical (unpaired) electrons. The first-order chi connectivity index (χ1) is 10.3. The molecule has 1 aromatic rings. The van der Waals surface area contributed by atoms with Crippen molar-refractivity contribution in [3.05, 3.63) is 46.7 Å². The molecule has 0 bridgehead atoms. The normalized spacial score (nSPS) is 13.5. The second kappa shape index (κ2) is 6.31. The van der Waals surface area contributed by atoms with Gasteiger partial charge in [-0.1, -0.05) is 12.1 Å². The number of carboxylic acids is 1. The average molecular weight is 341 g/mol. The van der Waals surface area contributed by atoms with E-state index in [9.17, 15) is 35.9 Å². The minimum Gasteiger partial charge on any atom is -0.477 e. The highest BCUT2D eigenvalue weighted by Gasteiger charge is 2.44. The molecule has 0 saturated carbocycles. The lowest BCUT2D eigenvalue weighted by Crippen LogP contribution is -2.31. The van der Waals surface area contributed by atoms with E-state index in [0.717, 1.165) is 12.1 Å². The second-order valence-electron chi connectivity index (χ2n) is 4.40. The fourth-order valence-corrected chi connectivity index (χ4v) is 1.64. The molecule has 4 nitrogen and oxygen atoms in total. The van der Waals surface area contributed by atoms with E-state index in [2.05, 4.69) is 0 Å². The molecule has 0 aromatic heterocycles. The predicted molar refractivity (Wildman–Crippen MR) is 65.1 cm³/mol. The Hall–Kier alpha value is -2.52. The summed E-state index contributed by atoms with van der Waals surface area (Å²) >= 11 is 0. The number of ketones is 1. The van der Waals surface area contributed by atoms with Gasteiger partial charge in [0.2, 0.25) is 0 Å². The van der Waals surface area contributed by atoms with Crippen molar-refractivity contribution in [3.63, 3.8) is 0 Å². The third-order valence-corrected chi connectivity index (χ3v) is 2.70. The van der Waals surface area contributed by atoms with Crippen LogP contribution in [-0.4, -0.2) is 23.0 Å². The van der Waals surface area contributed by atoms with Gasteiger partial charge in [0.1, 0.15) is 5.57 Å². The number of hydrogen-bond donors (Lipinski definition) is 2. The number of nitrogens with two attached hydrogens (primary N) is 1. The molecule has 126 valence electrons. The Morgan fingerprint density at radius 2 is 1.48 bits per heavy atom. The first-order valence-electron chi connectivity index (χ1n) is 5.83. The summed E-state index contributed by atoms with van der Waals surface area (Å²) in [6.45, 7) is 0. The van der Waals surface area contributed by atoms with Crippen LogP contribution >= 0.6 is 0 Å². The maximum Gasteiger partial charge on any atom is 0.455 e. The number of allylic oxidation sites excluding steroid dienone is 1. The zero-order chi connectivity index (χ0) is 18.0. The van der Waals surface area contributed by atoms with Gasteiger partial charge >= 0.3 is 18.3 Å². The number of aliphatic carboxylic acids is 1. The van der Waals surface area contributed by atoms with E-state index in [0.29, 0.717) is 12.1 Å². The highest BCUT2D eigenvalue weighted by molar-refractivity contribution is 6.19. The Morgan fingerprint density at radius 1 is 1.00 bits per heavy atom. The molecule has 0 fully saturated rings. The van der Waals surface area contributed by atoms with Gasteiger partial charge in [0, 0.05) is 12.1 Å². The average Bonchev–Trinajstić information content (AvgIpc) is 2.36. The van der Waals surface area contributed by atoms with Crippen LogP contribution in [0.4, 0.5) is 26.3 Å². The molecule has 23 heavy (non-hydrogen) atoms. The van der Waals surface area contributed by atoms with Gasteiger partial charge in [-0.25, -0.2) is 4.79 Å². The van der Waals surface area contributed by atoms with Crippen LogP contribution in [0.15, 0.2) is 35.5 Å². The van der Waals surface area contributed by atoms with Crippen LogP contribution in [0.3, 0.4) is 0 Å². The van der Waals surface area contributed by atoms with E-state index in [1.54, 1.807) is 0 Å². The number of carbonyl (C=O) groups is 2. The van der Waals surface area contributed by atoms with Crippen molar-refractivity contribution < 1.29 is 41.0 Å². The van der Waals surface area contributed by atoms with E-state index >= 15 is 0 Å². The van der Waals surface area contributed by atoms with Crippen LogP contribution in [0.2, 0.25) is 0 Å². The summed E-state index contributed by atoms with van der Waals surface area (Å²) < 4.78 is 74.1. The number of rotatable bonds is 4. The SMILES string of the molecule is N/C(Cc1ccc(C(F)(F)F)cc1)=C(\C(=O)O)C(=O)C(F)(F)F. The zero-order valence-corrected chi connectivity index (χ0v) is 11.1. The van der Waals surface area contributed by atoms with Gasteiger partial charge in [0.15, 0.2) is 0 Å². The predicted octanol–water partition coefficient (Wildman–Crippen LogP) is 2.68. The van der Waals surface area contributed by atoms with E-state index in [-0.39, 0.29) is 5.56 Å². The molecule has 0 atom stereocenters. The van der Waals surface area contributed by atoms with Crippen LogP contribution in [0.25, 0.3) is 0 Å². The van der Waals surface area contributed by atoms with Crippen LogP contribution in [0.1, 0.15) is 11.1 Å². The molecule has 0 aliphatic heterocycles. The van der Waals surface area contributed by atoms with Crippen molar-refractivity contribution in [1.29, 1.82) is 0 Å². The summed E-state index contributed by atoms with van der Waals surface area (Å²) in [6, 6.07) is 3.17. The summed E-state index contributed by atoms with van der Waals surface area (Å²) in [5.74, 6) is -4.80. The molecule has 0 spiro atoms. The molecule has 0 aliphatic rings. The fraction of sp³-hybridized carbons (Fsp3) is 0.231. The molecular weight excluding hydrogens is 332 g/mol. The quantitative estimate of drug-likeness (QED) is 0.382. The number of carbonyl (C=O) groups excluding carboxylic acids is 1. The van der Waals surface area contributed by atoms with E-state index in [1.807, 2.05) is 0 Å². The Kier molecular flexibility index (Phi) is 5.08. The number of Topliss-reactive ketones (excluding diaryl/α,β-unsaturated/α-hetero) is 1. The molecule has 0 unspecified atom stereocenters. The number of carboxylic acid groups (broad SMARTS) is 1. The van der Waals surface area contributed by atoms with Crippen molar-refractivity contribution >= 4 is 11.8 Å². The minimum absolute atomic E-state index is 0.0178. The highest BCUT2D eigenvalue weighted by atomic mass is 19.4. The maximum absolute atomic E-state index is 12.4. The number of alkyl halides is 6. The molecular formula is C13H9F6NO3. The van der Waals surface area contributed by atoms with Crippen LogP contribution < -0.4 is 5.73 Å². The molecule has 0 aliphatic carbocycles. The Bertz CT molecular complexity index is 643. The van der Waals surface area contributed by atoms with Crippen molar-refractivity contribution in [2.24, 2.45) is 5.73 Å². The molecule has 1 aromatic carbocycles. The molecule has 0 amide bonds. The third-order valence-electron chi connectivity index (χ3n) is 2.70. The largest absolute Gasteiger partial charge is 0.477 e.